The molecular weight excluding hydrogens is 190 g/mol. The highest BCUT2D eigenvalue weighted by Gasteiger charge is 2.07. The smallest absolute Gasteiger partial charge is 0.221 e. The summed E-state index contributed by atoms with van der Waals surface area (Å²) in [6, 6.07) is 5.54. The van der Waals surface area contributed by atoms with Gasteiger partial charge in [-0.1, -0.05) is 12.1 Å². The number of hydrogen-bond donors (Lipinski definition) is 1. The summed E-state index contributed by atoms with van der Waals surface area (Å²) in [7, 11) is 0. The first-order valence-electron chi connectivity index (χ1n) is 3.89. The van der Waals surface area contributed by atoms with Crippen LogP contribution in [-0.4, -0.2) is 10.1 Å². The number of aliphatic hydroxyl groups is 1. The largest absolute Gasteiger partial charge is 0.438 e. The van der Waals surface area contributed by atoms with Gasteiger partial charge in [-0.05, 0) is 11.6 Å². The number of nitrogens with zero attached hydrogens (tertiary/aromatic N) is 1. The fraction of sp³-hybridized carbons (Fsp3) is 0.222. The second kappa shape index (κ2) is 3.36. The van der Waals surface area contributed by atoms with Crippen molar-refractivity contribution in [2.24, 2.45) is 0 Å². The molecule has 0 unspecified atom stereocenters. The minimum atomic E-state index is -0.184. The van der Waals surface area contributed by atoms with Crippen LogP contribution in [0.5, 0.6) is 0 Å². The van der Waals surface area contributed by atoms with Gasteiger partial charge in [0.25, 0.3) is 0 Å². The number of aliphatic hydroxyl groups excluding tert-OH is 1. The first kappa shape index (κ1) is 8.53. The lowest BCUT2D eigenvalue weighted by Crippen LogP contribution is -1.82. The second-order valence-electron chi connectivity index (χ2n) is 2.66. The summed E-state index contributed by atoms with van der Waals surface area (Å²) in [5.41, 5.74) is 2.33. The molecule has 0 atom stereocenters. The van der Waals surface area contributed by atoms with Crippen LogP contribution in [0.1, 0.15) is 11.5 Å². The summed E-state index contributed by atoms with van der Waals surface area (Å²) in [5.74, 6) is 0.724. The van der Waals surface area contributed by atoms with Crippen LogP contribution >= 0.6 is 11.6 Å². The van der Waals surface area contributed by atoms with Gasteiger partial charge in [0.15, 0.2) is 5.58 Å². The second-order valence-corrected chi connectivity index (χ2v) is 2.93. The Morgan fingerprint density at radius 2 is 2.31 bits per heavy atom. The molecule has 2 aromatic rings. The zero-order valence-electron chi connectivity index (χ0n) is 6.83. The van der Waals surface area contributed by atoms with Gasteiger partial charge >= 0.3 is 0 Å². The molecule has 1 aromatic heterocycles. The van der Waals surface area contributed by atoms with E-state index in [0.29, 0.717) is 17.4 Å². The van der Waals surface area contributed by atoms with Gasteiger partial charge in [-0.15, -0.1) is 11.6 Å². The zero-order valence-corrected chi connectivity index (χ0v) is 7.58. The Labute approximate surface area is 80.0 Å². The normalized spacial score (nSPS) is 10.9. The molecule has 1 heterocycles. The van der Waals surface area contributed by atoms with Crippen LogP contribution in [-0.2, 0) is 12.5 Å². The van der Waals surface area contributed by atoms with E-state index in [4.69, 9.17) is 21.1 Å². The highest BCUT2D eigenvalue weighted by molar-refractivity contribution is 6.17. The fourth-order valence-electron chi connectivity index (χ4n) is 1.23. The zero-order chi connectivity index (χ0) is 9.26. The molecule has 0 saturated heterocycles. The van der Waals surface area contributed by atoms with Crippen LogP contribution in [0.25, 0.3) is 11.1 Å². The Hall–Kier alpha value is -1.06. The van der Waals surface area contributed by atoms with Gasteiger partial charge in [0.1, 0.15) is 12.1 Å². The predicted molar refractivity (Wildman–Crippen MR) is 49.5 cm³/mol. The quantitative estimate of drug-likeness (QED) is 0.750. The molecule has 13 heavy (non-hydrogen) atoms. The molecule has 0 aliphatic heterocycles. The summed E-state index contributed by atoms with van der Waals surface area (Å²) in [4.78, 5) is 4.10. The van der Waals surface area contributed by atoms with Crippen molar-refractivity contribution >= 4 is 22.7 Å². The van der Waals surface area contributed by atoms with Gasteiger partial charge < -0.3 is 9.52 Å². The molecular formula is C9H8ClNO2. The lowest BCUT2D eigenvalue weighted by molar-refractivity contribution is 0.244. The Bertz CT molecular complexity index is 424. The Morgan fingerprint density at radius 1 is 1.46 bits per heavy atom. The molecule has 0 spiro atoms. The van der Waals surface area contributed by atoms with Crippen LogP contribution < -0.4 is 0 Å². The molecule has 0 aliphatic rings. The van der Waals surface area contributed by atoms with Crippen molar-refractivity contribution < 1.29 is 9.52 Å². The van der Waals surface area contributed by atoms with Gasteiger partial charge in [0.05, 0.1) is 0 Å². The van der Waals surface area contributed by atoms with E-state index in [2.05, 4.69) is 4.98 Å². The molecule has 0 saturated carbocycles. The monoisotopic (exact) mass is 197 g/mol. The number of para-hydroxylation sites is 1. The van der Waals surface area contributed by atoms with E-state index in [0.717, 1.165) is 11.1 Å². The van der Waals surface area contributed by atoms with Gasteiger partial charge in [-0.2, -0.15) is 0 Å². The van der Waals surface area contributed by atoms with Gasteiger partial charge in [0, 0.05) is 5.88 Å². The van der Waals surface area contributed by atoms with E-state index in [1.165, 1.54) is 0 Å². The van der Waals surface area contributed by atoms with E-state index in [9.17, 15) is 0 Å². The third-order valence-electron chi connectivity index (χ3n) is 1.83. The summed E-state index contributed by atoms with van der Waals surface area (Å²) in [5, 5.41) is 8.81. The van der Waals surface area contributed by atoms with Crippen LogP contribution in [0.3, 0.4) is 0 Å². The summed E-state index contributed by atoms with van der Waals surface area (Å²) < 4.78 is 5.24. The molecule has 2 rings (SSSR count). The average Bonchev–Trinajstić information content (AvgIpc) is 2.59. The first-order valence-corrected chi connectivity index (χ1v) is 4.42. The highest BCUT2D eigenvalue weighted by Crippen LogP contribution is 2.20. The van der Waals surface area contributed by atoms with Crippen LogP contribution in [0.2, 0.25) is 0 Å². The first-order chi connectivity index (χ1) is 6.35. The van der Waals surface area contributed by atoms with Crippen molar-refractivity contribution in [3.63, 3.8) is 0 Å². The maximum Gasteiger partial charge on any atom is 0.221 e. The van der Waals surface area contributed by atoms with Gasteiger partial charge in [-0.25, -0.2) is 4.98 Å². The molecule has 1 N–H and O–H groups in total. The van der Waals surface area contributed by atoms with Crippen molar-refractivity contribution in [3.05, 3.63) is 29.7 Å². The lowest BCUT2D eigenvalue weighted by atomic mass is 10.2. The van der Waals surface area contributed by atoms with Gasteiger partial charge in [-0.3, -0.25) is 0 Å². The third-order valence-corrected chi connectivity index (χ3v) is 2.11. The summed E-state index contributed by atoms with van der Waals surface area (Å²) in [6.07, 6.45) is 0. The molecule has 0 amide bonds. The molecule has 1 aromatic carbocycles. The Morgan fingerprint density at radius 3 is 3.00 bits per heavy atom. The maximum absolute atomic E-state index is 8.81. The number of hydrogen-bond acceptors (Lipinski definition) is 3. The molecule has 4 heteroatoms. The van der Waals surface area contributed by atoms with E-state index < -0.39 is 0 Å². The topological polar surface area (TPSA) is 46.3 Å². The van der Waals surface area contributed by atoms with E-state index in [1.807, 2.05) is 12.1 Å². The molecule has 3 nitrogen and oxygen atoms in total. The standard InChI is InChI=1S/C9H8ClNO2/c10-4-6-2-1-3-7-9(6)11-8(5-12)13-7/h1-3,12H,4-5H2. The Kier molecular flexibility index (Phi) is 2.20. The maximum atomic E-state index is 8.81. The lowest BCUT2D eigenvalue weighted by Gasteiger charge is -1.92. The molecule has 0 radical (unpaired) electrons. The van der Waals surface area contributed by atoms with Crippen LogP contribution in [0.4, 0.5) is 0 Å². The number of aromatic nitrogens is 1. The minimum Gasteiger partial charge on any atom is -0.438 e. The minimum absolute atomic E-state index is 0.184. The fourth-order valence-corrected chi connectivity index (χ4v) is 1.44. The predicted octanol–water partition coefficient (Wildman–Crippen LogP) is 2.06. The number of fused-ring (bicyclic) bond motifs is 1. The van der Waals surface area contributed by atoms with E-state index >= 15 is 0 Å². The number of alkyl halides is 1. The number of rotatable bonds is 2. The van der Waals surface area contributed by atoms with Crippen LogP contribution in [0, 0.1) is 0 Å². The number of oxazole rings is 1. The summed E-state index contributed by atoms with van der Waals surface area (Å²) >= 11 is 5.71. The summed E-state index contributed by atoms with van der Waals surface area (Å²) in [6.45, 7) is -0.184. The van der Waals surface area contributed by atoms with Crippen molar-refractivity contribution in [2.75, 3.05) is 0 Å². The average molecular weight is 198 g/mol. The number of benzene rings is 1. The van der Waals surface area contributed by atoms with E-state index in [-0.39, 0.29) is 6.61 Å². The molecule has 68 valence electrons. The number of halogens is 1. The van der Waals surface area contributed by atoms with Gasteiger partial charge in [0.2, 0.25) is 5.89 Å². The van der Waals surface area contributed by atoms with Crippen molar-refractivity contribution in [1.29, 1.82) is 0 Å². The van der Waals surface area contributed by atoms with Crippen molar-refractivity contribution in [2.45, 2.75) is 12.5 Å². The SMILES string of the molecule is OCc1nc2c(CCl)cccc2o1. The highest BCUT2D eigenvalue weighted by atomic mass is 35.5. The van der Waals surface area contributed by atoms with E-state index in [1.54, 1.807) is 6.07 Å². The third kappa shape index (κ3) is 1.41. The molecule has 0 bridgehead atoms. The van der Waals surface area contributed by atoms with Crippen LogP contribution in [0.15, 0.2) is 22.6 Å². The van der Waals surface area contributed by atoms with Crippen molar-refractivity contribution in [3.8, 4) is 0 Å². The Balaban J connectivity index is 2.67. The molecule has 0 fully saturated rings. The molecule has 0 aliphatic carbocycles. The van der Waals surface area contributed by atoms with Crippen molar-refractivity contribution in [1.82, 2.24) is 4.98 Å².